The molecular weight excluding hydrogens is 276 g/mol. The fourth-order valence-corrected chi connectivity index (χ4v) is 4.65. The highest BCUT2D eigenvalue weighted by Crippen LogP contribution is 2.21. The van der Waals surface area contributed by atoms with Crippen LogP contribution in [-0.2, 0) is 9.84 Å². The maximum atomic E-state index is 12.3. The van der Waals surface area contributed by atoms with Gasteiger partial charge in [0.25, 0.3) is 5.91 Å². The van der Waals surface area contributed by atoms with E-state index >= 15 is 0 Å². The van der Waals surface area contributed by atoms with Crippen LogP contribution in [0.4, 0.5) is 0 Å². The third kappa shape index (κ3) is 2.90. The summed E-state index contributed by atoms with van der Waals surface area (Å²) in [5.41, 5.74) is 2.61. The lowest BCUT2D eigenvalue weighted by atomic mass is 10.2. The molecule has 6 heteroatoms. The highest BCUT2D eigenvalue weighted by Gasteiger charge is 2.30. The van der Waals surface area contributed by atoms with Gasteiger partial charge in [0.05, 0.1) is 17.1 Å². The molecule has 2 rings (SSSR count). The van der Waals surface area contributed by atoms with Crippen LogP contribution >= 0.6 is 0 Å². The van der Waals surface area contributed by atoms with Gasteiger partial charge in [-0.15, -0.1) is 0 Å². The zero-order valence-corrected chi connectivity index (χ0v) is 13.3. The second-order valence-corrected chi connectivity index (χ2v) is 8.05. The molecule has 0 saturated carbocycles. The topological polar surface area (TPSA) is 68.2 Å². The molecule has 0 aromatic carbocycles. The molecule has 1 aromatic rings. The maximum Gasteiger partial charge on any atom is 0.253 e. The molecule has 1 fully saturated rings. The molecule has 0 radical (unpaired) electrons. The largest absolute Gasteiger partial charge is 0.348 e. The monoisotopic (exact) mass is 298 g/mol. The average molecular weight is 298 g/mol. The number of nitrogens with one attached hydrogen (secondary N) is 1. The third-order valence-electron chi connectivity index (χ3n) is 3.81. The van der Waals surface area contributed by atoms with Crippen molar-refractivity contribution in [1.82, 2.24) is 9.88 Å². The van der Waals surface area contributed by atoms with Crippen molar-refractivity contribution in [2.24, 2.45) is 0 Å². The van der Waals surface area contributed by atoms with E-state index in [4.69, 9.17) is 0 Å². The minimum Gasteiger partial charge on any atom is -0.348 e. The van der Waals surface area contributed by atoms with Crippen LogP contribution in [0.15, 0.2) is 6.07 Å². The van der Waals surface area contributed by atoms with E-state index in [0.717, 1.165) is 11.4 Å². The number of rotatable bonds is 3. The van der Waals surface area contributed by atoms with E-state index in [-0.39, 0.29) is 23.5 Å². The Morgan fingerprint density at radius 1 is 1.40 bits per heavy atom. The summed E-state index contributed by atoms with van der Waals surface area (Å²) in [6.07, 6.45) is 0.511. The smallest absolute Gasteiger partial charge is 0.253 e. The minimum absolute atomic E-state index is 0.0572. The van der Waals surface area contributed by atoms with Crippen molar-refractivity contribution in [1.29, 1.82) is 0 Å². The van der Waals surface area contributed by atoms with E-state index in [0.29, 0.717) is 18.0 Å². The van der Waals surface area contributed by atoms with Crippen LogP contribution in [0.3, 0.4) is 0 Å². The van der Waals surface area contributed by atoms with Crippen molar-refractivity contribution < 1.29 is 13.2 Å². The van der Waals surface area contributed by atoms with Crippen LogP contribution in [0, 0.1) is 13.8 Å². The first-order valence-corrected chi connectivity index (χ1v) is 8.73. The summed E-state index contributed by atoms with van der Waals surface area (Å²) in [7, 11) is -2.97. The van der Waals surface area contributed by atoms with Gasteiger partial charge in [-0.3, -0.25) is 4.79 Å². The number of nitrogens with zero attached hydrogens (tertiary/aromatic N) is 1. The van der Waals surface area contributed by atoms with Gasteiger partial charge in [0.1, 0.15) is 0 Å². The number of hydrogen-bond donors (Lipinski definition) is 1. The van der Waals surface area contributed by atoms with Gasteiger partial charge >= 0.3 is 0 Å². The second kappa shape index (κ2) is 5.24. The highest BCUT2D eigenvalue weighted by molar-refractivity contribution is 7.91. The minimum atomic E-state index is -2.97. The lowest BCUT2D eigenvalue weighted by molar-refractivity contribution is 0.0940. The molecule has 0 unspecified atom stereocenters. The fraction of sp³-hybridized carbons (Fsp3) is 0.643. The van der Waals surface area contributed by atoms with Crippen molar-refractivity contribution in [3.05, 3.63) is 23.0 Å². The van der Waals surface area contributed by atoms with Crippen molar-refractivity contribution >= 4 is 15.7 Å². The molecule has 5 nitrogen and oxygen atoms in total. The van der Waals surface area contributed by atoms with Crippen LogP contribution < -0.4 is 5.32 Å². The number of sulfone groups is 1. The number of amides is 1. The predicted molar refractivity (Wildman–Crippen MR) is 78.8 cm³/mol. The Hall–Kier alpha value is -1.30. The van der Waals surface area contributed by atoms with Gasteiger partial charge in [-0.05, 0) is 40.2 Å². The van der Waals surface area contributed by atoms with Gasteiger partial charge in [0.2, 0.25) is 0 Å². The molecule has 0 spiro atoms. The Balaban J connectivity index is 2.17. The Morgan fingerprint density at radius 2 is 2.05 bits per heavy atom. The standard InChI is InChI=1S/C14H22N2O3S/c1-9(2)16-10(3)7-13(11(16)4)14(17)15-12-5-6-20(18,19)8-12/h7,9,12H,5-6,8H2,1-4H3,(H,15,17)/t12-/m1/s1. The van der Waals surface area contributed by atoms with E-state index < -0.39 is 9.84 Å². The predicted octanol–water partition coefficient (Wildman–Crippen LogP) is 1.60. The van der Waals surface area contributed by atoms with Crippen LogP contribution in [0.5, 0.6) is 0 Å². The molecule has 1 saturated heterocycles. The number of carbonyl (C=O) groups excluding carboxylic acids is 1. The summed E-state index contributed by atoms with van der Waals surface area (Å²) in [5.74, 6) is 0.0528. The van der Waals surface area contributed by atoms with E-state index in [1.54, 1.807) is 0 Å². The second-order valence-electron chi connectivity index (χ2n) is 5.82. The number of carbonyl (C=O) groups is 1. The van der Waals surface area contributed by atoms with E-state index in [2.05, 4.69) is 23.7 Å². The summed E-state index contributed by atoms with van der Waals surface area (Å²) in [4.78, 5) is 12.3. The van der Waals surface area contributed by atoms with E-state index in [1.165, 1.54) is 0 Å². The summed E-state index contributed by atoms with van der Waals surface area (Å²) in [6, 6.07) is 1.91. The Morgan fingerprint density at radius 3 is 2.50 bits per heavy atom. The molecule has 1 aliphatic heterocycles. The number of aryl methyl sites for hydroxylation is 1. The van der Waals surface area contributed by atoms with E-state index in [1.807, 2.05) is 19.9 Å². The molecular formula is C14H22N2O3S. The fourth-order valence-electron chi connectivity index (χ4n) is 2.97. The summed E-state index contributed by atoms with van der Waals surface area (Å²) >= 11 is 0. The number of hydrogen-bond acceptors (Lipinski definition) is 3. The molecule has 0 aliphatic carbocycles. The lowest BCUT2D eigenvalue weighted by Gasteiger charge is -2.14. The highest BCUT2D eigenvalue weighted by atomic mass is 32.2. The van der Waals surface area contributed by atoms with Gasteiger partial charge in [-0.25, -0.2) is 8.42 Å². The first-order chi connectivity index (χ1) is 9.21. The number of aromatic nitrogens is 1. The molecule has 20 heavy (non-hydrogen) atoms. The van der Waals surface area contributed by atoms with Crippen molar-refractivity contribution in [2.45, 2.75) is 46.2 Å². The molecule has 2 heterocycles. The van der Waals surface area contributed by atoms with Crippen LogP contribution in [0.2, 0.25) is 0 Å². The Kier molecular flexibility index (Phi) is 3.95. The van der Waals surface area contributed by atoms with Gasteiger partial charge in [-0.2, -0.15) is 0 Å². The maximum absolute atomic E-state index is 12.3. The molecule has 1 atom stereocenters. The lowest BCUT2D eigenvalue weighted by Crippen LogP contribution is -2.35. The third-order valence-corrected chi connectivity index (χ3v) is 5.58. The first kappa shape index (κ1) is 15.1. The van der Waals surface area contributed by atoms with Gasteiger partial charge < -0.3 is 9.88 Å². The van der Waals surface area contributed by atoms with Crippen LogP contribution in [0.25, 0.3) is 0 Å². The van der Waals surface area contributed by atoms with Crippen LogP contribution in [0.1, 0.15) is 48.1 Å². The summed E-state index contributed by atoms with van der Waals surface area (Å²) < 4.78 is 24.9. The normalized spacial score (nSPS) is 21.4. The van der Waals surface area contributed by atoms with Gasteiger partial charge in [-0.1, -0.05) is 0 Å². The summed E-state index contributed by atoms with van der Waals surface area (Å²) in [6.45, 7) is 8.05. The quantitative estimate of drug-likeness (QED) is 0.921. The molecule has 1 N–H and O–H groups in total. The Labute approximate surface area is 120 Å². The Bertz CT molecular complexity index is 629. The molecule has 1 aromatic heterocycles. The average Bonchev–Trinajstić information content (AvgIpc) is 2.78. The molecule has 1 aliphatic rings. The first-order valence-electron chi connectivity index (χ1n) is 6.91. The van der Waals surface area contributed by atoms with Gasteiger partial charge in [0.15, 0.2) is 9.84 Å². The van der Waals surface area contributed by atoms with Crippen molar-refractivity contribution in [3.8, 4) is 0 Å². The molecule has 112 valence electrons. The van der Waals surface area contributed by atoms with E-state index in [9.17, 15) is 13.2 Å². The zero-order valence-electron chi connectivity index (χ0n) is 12.4. The molecule has 0 bridgehead atoms. The SMILES string of the molecule is Cc1cc(C(=O)N[C@@H]2CCS(=O)(=O)C2)c(C)n1C(C)C. The van der Waals surface area contributed by atoms with Crippen molar-refractivity contribution in [2.75, 3.05) is 11.5 Å². The molecule has 1 amide bonds. The summed E-state index contributed by atoms with van der Waals surface area (Å²) in [5, 5.41) is 2.84. The zero-order chi connectivity index (χ0) is 15.1. The van der Waals surface area contributed by atoms with Gasteiger partial charge in [0, 0.05) is 23.5 Å². The van der Waals surface area contributed by atoms with Crippen LogP contribution in [-0.4, -0.2) is 36.4 Å². The van der Waals surface area contributed by atoms with Crippen molar-refractivity contribution in [3.63, 3.8) is 0 Å².